The highest BCUT2D eigenvalue weighted by Crippen LogP contribution is 2.07. The lowest BCUT2D eigenvalue weighted by Gasteiger charge is -2.22. The van der Waals surface area contributed by atoms with Gasteiger partial charge in [-0.2, -0.15) is 4.79 Å². The maximum Gasteiger partial charge on any atom is 0.328 e. The standard InChI is InChI=1S/C16H27N3O5/c1-5-7-14(23-6-2)15(21)19-13(16(22)24-11(3)4)9-8-12(20)10-18-17/h10-11,13-14H,5-9H2,1-4H3,(H,19,21)/t13-,14-/m0/s1. The molecule has 1 amide bonds. The van der Waals surface area contributed by atoms with Crippen LogP contribution in [0.25, 0.3) is 5.53 Å². The number of ether oxygens (including phenoxy) is 2. The van der Waals surface area contributed by atoms with Gasteiger partial charge in [0.25, 0.3) is 0 Å². The van der Waals surface area contributed by atoms with E-state index in [1.165, 1.54) is 0 Å². The van der Waals surface area contributed by atoms with E-state index in [0.717, 1.165) is 12.6 Å². The van der Waals surface area contributed by atoms with Gasteiger partial charge in [0.1, 0.15) is 12.1 Å². The first-order valence-electron chi connectivity index (χ1n) is 8.18. The third-order valence-electron chi connectivity index (χ3n) is 3.05. The van der Waals surface area contributed by atoms with E-state index in [9.17, 15) is 14.4 Å². The van der Waals surface area contributed by atoms with Crippen LogP contribution in [-0.4, -0.2) is 53.5 Å². The Morgan fingerprint density at radius 2 is 1.88 bits per heavy atom. The molecule has 24 heavy (non-hydrogen) atoms. The first-order chi connectivity index (χ1) is 11.3. The van der Waals surface area contributed by atoms with Gasteiger partial charge in [0.15, 0.2) is 0 Å². The van der Waals surface area contributed by atoms with Crippen LogP contribution in [-0.2, 0) is 23.9 Å². The van der Waals surface area contributed by atoms with E-state index in [1.54, 1.807) is 20.8 Å². The van der Waals surface area contributed by atoms with E-state index < -0.39 is 29.8 Å². The predicted octanol–water partition coefficient (Wildman–Crippen LogP) is 1.28. The van der Waals surface area contributed by atoms with Gasteiger partial charge < -0.3 is 20.3 Å². The summed E-state index contributed by atoms with van der Waals surface area (Å²) in [4.78, 5) is 38.5. The Morgan fingerprint density at radius 3 is 2.38 bits per heavy atom. The first-order valence-corrected chi connectivity index (χ1v) is 8.18. The molecule has 0 aromatic carbocycles. The molecule has 8 heteroatoms. The van der Waals surface area contributed by atoms with E-state index in [4.69, 9.17) is 15.0 Å². The number of ketones is 1. The van der Waals surface area contributed by atoms with E-state index in [0.29, 0.717) is 13.0 Å². The molecular formula is C16H27N3O5. The Labute approximate surface area is 142 Å². The number of hydrogen-bond donors (Lipinski definition) is 1. The molecule has 1 N–H and O–H groups in total. The third kappa shape index (κ3) is 9.17. The van der Waals surface area contributed by atoms with Gasteiger partial charge in [-0.25, -0.2) is 4.79 Å². The van der Waals surface area contributed by atoms with Gasteiger partial charge in [0, 0.05) is 13.0 Å². The van der Waals surface area contributed by atoms with Crippen LogP contribution in [0.15, 0.2) is 0 Å². The summed E-state index contributed by atoms with van der Waals surface area (Å²) in [5.41, 5.74) is 8.34. The van der Waals surface area contributed by atoms with Crippen molar-refractivity contribution >= 4 is 23.9 Å². The highest BCUT2D eigenvalue weighted by Gasteiger charge is 2.27. The van der Waals surface area contributed by atoms with Crippen molar-refractivity contribution < 1.29 is 28.6 Å². The fourth-order valence-electron chi connectivity index (χ4n) is 2.00. The van der Waals surface area contributed by atoms with Crippen LogP contribution in [0.2, 0.25) is 0 Å². The zero-order valence-electron chi connectivity index (χ0n) is 14.8. The Bertz CT molecular complexity index is 466. The summed E-state index contributed by atoms with van der Waals surface area (Å²) in [7, 11) is 0. The fourth-order valence-corrected chi connectivity index (χ4v) is 2.00. The molecule has 0 aliphatic heterocycles. The second-order valence-corrected chi connectivity index (χ2v) is 5.53. The molecule has 0 aliphatic carbocycles. The first kappa shape index (κ1) is 21.9. The summed E-state index contributed by atoms with van der Waals surface area (Å²) in [6.07, 6.45) is 1.04. The molecule has 0 bridgehead atoms. The molecule has 2 atom stereocenters. The number of nitrogens with zero attached hydrogens (tertiary/aromatic N) is 2. The fraction of sp³-hybridized carbons (Fsp3) is 0.750. The van der Waals surface area contributed by atoms with Crippen LogP contribution in [0.4, 0.5) is 0 Å². The monoisotopic (exact) mass is 341 g/mol. The molecule has 0 saturated heterocycles. The second kappa shape index (κ2) is 12.4. The maximum atomic E-state index is 12.3. The summed E-state index contributed by atoms with van der Waals surface area (Å²) in [6, 6.07) is -0.962. The lowest BCUT2D eigenvalue weighted by molar-refractivity contribution is -0.153. The van der Waals surface area contributed by atoms with Gasteiger partial charge in [-0.1, -0.05) is 13.3 Å². The summed E-state index contributed by atoms with van der Waals surface area (Å²) in [5, 5.41) is 2.59. The van der Waals surface area contributed by atoms with Gasteiger partial charge in [-0.3, -0.25) is 9.59 Å². The van der Waals surface area contributed by atoms with Crippen LogP contribution in [0, 0.1) is 0 Å². The van der Waals surface area contributed by atoms with Gasteiger partial charge in [-0.15, -0.1) is 0 Å². The highest BCUT2D eigenvalue weighted by atomic mass is 16.5. The largest absolute Gasteiger partial charge is 0.461 e. The number of carbonyl (C=O) groups is 3. The third-order valence-corrected chi connectivity index (χ3v) is 3.05. The molecule has 8 nitrogen and oxygen atoms in total. The molecule has 0 heterocycles. The molecule has 0 spiro atoms. The minimum atomic E-state index is -0.962. The smallest absolute Gasteiger partial charge is 0.328 e. The van der Waals surface area contributed by atoms with Crippen molar-refractivity contribution in [3.8, 4) is 0 Å². The number of esters is 1. The molecule has 0 rings (SSSR count). The van der Waals surface area contributed by atoms with Crippen LogP contribution in [0.1, 0.15) is 53.4 Å². The zero-order chi connectivity index (χ0) is 18.5. The minimum Gasteiger partial charge on any atom is -0.461 e. The van der Waals surface area contributed by atoms with Crippen molar-refractivity contribution in [1.29, 1.82) is 0 Å². The Kier molecular flexibility index (Phi) is 11.3. The average Bonchev–Trinajstić information content (AvgIpc) is 2.50. The number of amides is 1. The quantitative estimate of drug-likeness (QED) is 0.248. The average molecular weight is 341 g/mol. The lowest BCUT2D eigenvalue weighted by atomic mass is 10.1. The van der Waals surface area contributed by atoms with Crippen molar-refractivity contribution in [2.45, 2.75) is 71.6 Å². The Balaban J connectivity index is 4.95. The molecular weight excluding hydrogens is 314 g/mol. The Hall–Kier alpha value is -2.05. The maximum absolute atomic E-state index is 12.3. The van der Waals surface area contributed by atoms with Crippen LogP contribution in [0.3, 0.4) is 0 Å². The lowest BCUT2D eigenvalue weighted by Crippen LogP contribution is -2.47. The molecule has 0 aromatic rings. The minimum absolute atomic E-state index is 0.0487. The molecule has 0 radical (unpaired) electrons. The molecule has 0 aliphatic rings. The second-order valence-electron chi connectivity index (χ2n) is 5.53. The van der Waals surface area contributed by atoms with Gasteiger partial charge in [0.05, 0.1) is 6.10 Å². The van der Waals surface area contributed by atoms with Gasteiger partial charge >= 0.3 is 12.2 Å². The SMILES string of the molecule is CCC[C@H](OCC)C(=O)N[C@@H](CCC(=O)C=[N+]=[N-])C(=O)OC(C)C. The van der Waals surface area contributed by atoms with Crippen molar-refractivity contribution in [1.82, 2.24) is 5.32 Å². The molecule has 0 aromatic heterocycles. The molecule has 0 unspecified atom stereocenters. The Morgan fingerprint density at radius 1 is 1.21 bits per heavy atom. The molecule has 136 valence electrons. The topological polar surface area (TPSA) is 118 Å². The van der Waals surface area contributed by atoms with Crippen LogP contribution >= 0.6 is 0 Å². The summed E-state index contributed by atoms with van der Waals surface area (Å²) >= 11 is 0. The van der Waals surface area contributed by atoms with Crippen LogP contribution in [0.5, 0.6) is 0 Å². The van der Waals surface area contributed by atoms with Gasteiger partial charge in [-0.05, 0) is 33.6 Å². The number of nitrogens with one attached hydrogen (secondary N) is 1. The van der Waals surface area contributed by atoms with E-state index >= 15 is 0 Å². The highest BCUT2D eigenvalue weighted by molar-refractivity contribution is 6.25. The normalized spacial score (nSPS) is 12.9. The van der Waals surface area contributed by atoms with Gasteiger partial charge in [0.2, 0.25) is 11.7 Å². The number of Topliss-reactive ketones (excluding diaryl/α,β-unsaturated/α-hetero) is 1. The van der Waals surface area contributed by atoms with E-state index in [2.05, 4.69) is 10.1 Å². The number of hydrogen-bond acceptors (Lipinski definition) is 5. The van der Waals surface area contributed by atoms with E-state index in [1.807, 2.05) is 6.92 Å². The van der Waals surface area contributed by atoms with E-state index in [-0.39, 0.29) is 18.9 Å². The zero-order valence-corrected chi connectivity index (χ0v) is 14.8. The van der Waals surface area contributed by atoms with Crippen LogP contribution < -0.4 is 5.32 Å². The molecule has 0 fully saturated rings. The summed E-state index contributed by atoms with van der Waals surface area (Å²) in [6.45, 7) is 7.48. The number of rotatable bonds is 12. The number of carbonyl (C=O) groups excluding carboxylic acids is 3. The van der Waals surface area contributed by atoms with Crippen molar-refractivity contribution in [3.63, 3.8) is 0 Å². The summed E-state index contributed by atoms with van der Waals surface area (Å²) < 4.78 is 10.5. The van der Waals surface area contributed by atoms with Crippen molar-refractivity contribution in [3.05, 3.63) is 5.53 Å². The van der Waals surface area contributed by atoms with Crippen molar-refractivity contribution in [2.75, 3.05) is 6.61 Å². The predicted molar refractivity (Wildman–Crippen MR) is 87.4 cm³/mol. The van der Waals surface area contributed by atoms with Crippen molar-refractivity contribution in [2.24, 2.45) is 0 Å². The molecule has 0 saturated carbocycles. The summed E-state index contributed by atoms with van der Waals surface area (Å²) in [5.74, 6) is -1.48.